The van der Waals surface area contributed by atoms with E-state index in [-0.39, 0.29) is 18.1 Å². The Morgan fingerprint density at radius 1 is 1.04 bits per heavy atom. The van der Waals surface area contributed by atoms with Crippen LogP contribution in [0.4, 0.5) is 15.8 Å². The molecule has 28 heavy (non-hydrogen) atoms. The summed E-state index contributed by atoms with van der Waals surface area (Å²) in [5.74, 6) is -0.00313. The van der Waals surface area contributed by atoms with Gasteiger partial charge in [0.25, 0.3) is 5.69 Å². The Morgan fingerprint density at radius 2 is 1.64 bits per heavy atom. The van der Waals surface area contributed by atoms with E-state index in [1.54, 1.807) is 30.5 Å². The average molecular weight is 419 g/mol. The number of halogens is 3. The average Bonchev–Trinajstić information content (AvgIpc) is 2.67. The van der Waals surface area contributed by atoms with Crippen LogP contribution in [-0.2, 0) is 6.61 Å². The van der Waals surface area contributed by atoms with E-state index in [4.69, 9.17) is 27.9 Å². The van der Waals surface area contributed by atoms with Gasteiger partial charge in [-0.2, -0.15) is 0 Å². The van der Waals surface area contributed by atoms with Crippen LogP contribution in [-0.4, -0.2) is 11.1 Å². The number of nitro groups is 1. The molecule has 8 heteroatoms. The van der Waals surface area contributed by atoms with E-state index in [9.17, 15) is 14.5 Å². The Morgan fingerprint density at radius 3 is 2.21 bits per heavy atom. The van der Waals surface area contributed by atoms with Crippen LogP contribution >= 0.6 is 23.2 Å². The molecule has 0 bridgehead atoms. The van der Waals surface area contributed by atoms with Crippen LogP contribution in [0.5, 0.6) is 5.75 Å². The predicted molar refractivity (Wildman–Crippen MR) is 108 cm³/mol. The van der Waals surface area contributed by atoms with Crippen molar-refractivity contribution in [3.8, 4) is 5.75 Å². The highest BCUT2D eigenvalue weighted by atomic mass is 35.5. The summed E-state index contributed by atoms with van der Waals surface area (Å²) in [5, 5.41) is 11.3. The van der Waals surface area contributed by atoms with Gasteiger partial charge in [-0.15, -0.1) is 0 Å². The topological polar surface area (TPSA) is 64.7 Å². The highest BCUT2D eigenvalue weighted by molar-refractivity contribution is 6.37. The second kappa shape index (κ2) is 8.82. The molecule has 0 aromatic heterocycles. The maximum absolute atomic E-state index is 12.9. The number of aliphatic imine (C=N–C) groups is 1. The largest absolute Gasteiger partial charge is 0.486 e. The molecule has 3 rings (SSSR count). The van der Waals surface area contributed by atoms with Gasteiger partial charge in [0.1, 0.15) is 12.4 Å². The SMILES string of the molecule is O=[N+]([O-])c1ccc(N=Cc2cc(Cl)c(OCc3ccc(F)cc3)c(Cl)c2)cc1. The molecule has 0 atom stereocenters. The summed E-state index contributed by atoms with van der Waals surface area (Å²) in [5.41, 5.74) is 1.96. The van der Waals surface area contributed by atoms with Gasteiger partial charge in [-0.1, -0.05) is 35.3 Å². The molecule has 0 unspecified atom stereocenters. The number of nitro benzene ring substituents is 1. The maximum Gasteiger partial charge on any atom is 0.269 e. The van der Waals surface area contributed by atoms with Crippen molar-refractivity contribution >= 4 is 40.8 Å². The highest BCUT2D eigenvalue weighted by Crippen LogP contribution is 2.34. The minimum absolute atomic E-state index is 0.00676. The monoisotopic (exact) mass is 418 g/mol. The Bertz CT molecular complexity index is 1000. The number of nitrogens with zero attached hydrogens (tertiary/aromatic N) is 2. The molecule has 0 N–H and O–H groups in total. The number of hydrogen-bond donors (Lipinski definition) is 0. The van der Waals surface area contributed by atoms with Gasteiger partial charge in [0.05, 0.1) is 20.7 Å². The lowest BCUT2D eigenvalue weighted by Crippen LogP contribution is -1.97. The summed E-state index contributed by atoms with van der Waals surface area (Å²) >= 11 is 12.5. The van der Waals surface area contributed by atoms with Gasteiger partial charge >= 0.3 is 0 Å². The molecule has 0 aliphatic rings. The van der Waals surface area contributed by atoms with Crippen LogP contribution in [0.3, 0.4) is 0 Å². The van der Waals surface area contributed by atoms with Crippen molar-refractivity contribution < 1.29 is 14.1 Å². The fourth-order valence-electron chi connectivity index (χ4n) is 2.34. The molecule has 142 valence electrons. The zero-order chi connectivity index (χ0) is 20.1. The van der Waals surface area contributed by atoms with Gasteiger partial charge in [0.15, 0.2) is 5.75 Å². The standard InChI is InChI=1S/C20H13Cl2FN2O3/c21-18-9-14(11-24-16-5-7-17(8-6-16)25(26)27)10-19(22)20(18)28-12-13-1-3-15(23)4-2-13/h1-11H,12H2. The fourth-order valence-corrected chi connectivity index (χ4v) is 2.95. The molecule has 3 aromatic carbocycles. The minimum Gasteiger partial charge on any atom is -0.486 e. The van der Waals surface area contributed by atoms with Crippen LogP contribution in [0, 0.1) is 15.9 Å². The first-order chi connectivity index (χ1) is 13.4. The molecule has 0 spiro atoms. The van der Waals surface area contributed by atoms with Gasteiger partial charge < -0.3 is 4.74 Å². The lowest BCUT2D eigenvalue weighted by molar-refractivity contribution is -0.384. The Labute approximate surface area is 170 Å². The predicted octanol–water partition coefficient (Wildman–Crippen LogP) is 6.37. The molecule has 0 radical (unpaired) electrons. The Balaban J connectivity index is 1.71. The van der Waals surface area contributed by atoms with Gasteiger partial charge in [0, 0.05) is 18.3 Å². The third-order valence-corrected chi connectivity index (χ3v) is 4.30. The van der Waals surface area contributed by atoms with E-state index in [2.05, 4.69) is 4.99 Å². The number of ether oxygens (including phenoxy) is 1. The summed E-state index contributed by atoms with van der Waals surface area (Å²) in [6, 6.07) is 15.0. The molecular weight excluding hydrogens is 406 g/mol. The van der Waals surface area contributed by atoms with Crippen molar-refractivity contribution in [1.29, 1.82) is 0 Å². The summed E-state index contributed by atoms with van der Waals surface area (Å²) in [7, 11) is 0. The smallest absolute Gasteiger partial charge is 0.269 e. The molecule has 0 aliphatic carbocycles. The van der Waals surface area contributed by atoms with Crippen molar-refractivity contribution in [1.82, 2.24) is 0 Å². The molecule has 0 aliphatic heterocycles. The van der Waals surface area contributed by atoms with E-state index < -0.39 is 4.92 Å². The van der Waals surface area contributed by atoms with Crippen molar-refractivity contribution in [3.05, 3.63) is 97.8 Å². The summed E-state index contributed by atoms with van der Waals surface area (Å²) < 4.78 is 18.6. The normalized spacial score (nSPS) is 11.0. The summed E-state index contributed by atoms with van der Waals surface area (Å²) in [4.78, 5) is 14.4. The van der Waals surface area contributed by atoms with Crippen LogP contribution in [0.15, 0.2) is 65.7 Å². The van der Waals surface area contributed by atoms with E-state index in [1.807, 2.05) is 0 Å². The molecular formula is C20H13Cl2FN2O3. The van der Waals surface area contributed by atoms with E-state index in [0.717, 1.165) is 5.56 Å². The lowest BCUT2D eigenvalue weighted by Gasteiger charge is -2.11. The van der Waals surface area contributed by atoms with E-state index in [1.165, 1.54) is 36.4 Å². The lowest BCUT2D eigenvalue weighted by atomic mass is 10.2. The van der Waals surface area contributed by atoms with Gasteiger partial charge in [-0.3, -0.25) is 15.1 Å². The summed E-state index contributed by atoms with van der Waals surface area (Å²) in [6.45, 7) is 0.190. The first kappa shape index (κ1) is 19.8. The number of hydrogen-bond acceptors (Lipinski definition) is 4. The number of non-ortho nitro benzene ring substituents is 1. The van der Waals surface area contributed by atoms with Gasteiger partial charge in [-0.05, 0) is 47.5 Å². The molecule has 0 saturated heterocycles. The van der Waals surface area contributed by atoms with Gasteiger partial charge in [-0.25, -0.2) is 4.39 Å². The third-order valence-electron chi connectivity index (χ3n) is 3.74. The first-order valence-corrected chi connectivity index (χ1v) is 8.83. The second-order valence-corrected chi connectivity index (χ2v) is 6.57. The van der Waals surface area contributed by atoms with Gasteiger partial charge in [0.2, 0.25) is 0 Å². The van der Waals surface area contributed by atoms with Crippen LogP contribution < -0.4 is 4.74 Å². The van der Waals surface area contributed by atoms with E-state index in [0.29, 0.717) is 27.0 Å². The zero-order valence-corrected chi connectivity index (χ0v) is 15.8. The quantitative estimate of drug-likeness (QED) is 0.265. The van der Waals surface area contributed by atoms with Crippen molar-refractivity contribution in [2.24, 2.45) is 4.99 Å². The van der Waals surface area contributed by atoms with E-state index >= 15 is 0 Å². The highest BCUT2D eigenvalue weighted by Gasteiger charge is 2.10. The molecule has 0 heterocycles. The first-order valence-electron chi connectivity index (χ1n) is 8.07. The molecule has 0 amide bonds. The zero-order valence-electron chi connectivity index (χ0n) is 14.3. The fraction of sp³-hybridized carbons (Fsp3) is 0.0500. The van der Waals surface area contributed by atoms with Crippen molar-refractivity contribution in [2.45, 2.75) is 6.61 Å². The van der Waals surface area contributed by atoms with Crippen molar-refractivity contribution in [3.63, 3.8) is 0 Å². The Kier molecular flexibility index (Phi) is 6.23. The maximum atomic E-state index is 12.9. The molecule has 0 fully saturated rings. The van der Waals surface area contributed by atoms with Crippen molar-refractivity contribution in [2.75, 3.05) is 0 Å². The van der Waals surface area contributed by atoms with Crippen LogP contribution in [0.25, 0.3) is 0 Å². The second-order valence-electron chi connectivity index (χ2n) is 5.76. The number of rotatable bonds is 6. The molecule has 0 saturated carbocycles. The van der Waals surface area contributed by atoms with Crippen LogP contribution in [0.2, 0.25) is 10.0 Å². The third kappa shape index (κ3) is 5.06. The van der Waals surface area contributed by atoms with Crippen LogP contribution in [0.1, 0.15) is 11.1 Å². The summed E-state index contributed by atoms with van der Waals surface area (Å²) in [6.07, 6.45) is 1.54. The molecule has 5 nitrogen and oxygen atoms in total. The molecule has 3 aromatic rings. The minimum atomic E-state index is -0.474. The Hall–Kier alpha value is -2.96. The number of benzene rings is 3.